The summed E-state index contributed by atoms with van der Waals surface area (Å²) in [5.41, 5.74) is 0. The average Bonchev–Trinajstić information content (AvgIpc) is 2.15. The van der Waals surface area contributed by atoms with Crippen molar-refractivity contribution in [1.29, 1.82) is 0 Å². The molecule has 0 heteroatoms. The van der Waals surface area contributed by atoms with Gasteiger partial charge in [0.25, 0.3) is 0 Å². The van der Waals surface area contributed by atoms with Crippen LogP contribution in [-0.4, -0.2) is 0 Å². The molecule has 1 radical (unpaired) electrons. The van der Waals surface area contributed by atoms with Crippen molar-refractivity contribution in [3.8, 4) is 0 Å². The predicted octanol–water partition coefficient (Wildman–Crippen LogP) is 4.21. The summed E-state index contributed by atoms with van der Waals surface area (Å²) in [4.78, 5) is 0. The summed E-state index contributed by atoms with van der Waals surface area (Å²) < 4.78 is 0. The fraction of sp³-hybridized carbons (Fsp3) is 0.917. The van der Waals surface area contributed by atoms with Gasteiger partial charge < -0.3 is 0 Å². The minimum atomic E-state index is 1.05. The SMILES string of the molecule is [CH2]CCCC1CCCC(CC)C1. The molecule has 0 saturated heterocycles. The first-order valence-electron chi connectivity index (χ1n) is 5.66. The molecule has 2 atom stereocenters. The monoisotopic (exact) mass is 167 g/mol. The topological polar surface area (TPSA) is 0 Å². The van der Waals surface area contributed by atoms with Gasteiger partial charge in [0.2, 0.25) is 0 Å². The summed E-state index contributed by atoms with van der Waals surface area (Å²) in [6.45, 7) is 6.25. The van der Waals surface area contributed by atoms with E-state index in [-0.39, 0.29) is 0 Å². The van der Waals surface area contributed by atoms with E-state index < -0.39 is 0 Å². The molecule has 0 N–H and O–H groups in total. The Kier molecular flexibility index (Phi) is 4.72. The van der Waals surface area contributed by atoms with Gasteiger partial charge in [-0.2, -0.15) is 0 Å². The first-order chi connectivity index (χ1) is 5.86. The number of hydrogen-bond acceptors (Lipinski definition) is 0. The van der Waals surface area contributed by atoms with Gasteiger partial charge >= 0.3 is 0 Å². The zero-order valence-corrected chi connectivity index (χ0v) is 8.52. The maximum absolute atomic E-state index is 3.91. The molecule has 0 bridgehead atoms. The Morgan fingerprint density at radius 2 is 2.00 bits per heavy atom. The van der Waals surface area contributed by atoms with Crippen LogP contribution in [0.4, 0.5) is 0 Å². The Morgan fingerprint density at radius 1 is 1.25 bits per heavy atom. The van der Waals surface area contributed by atoms with Crippen molar-refractivity contribution in [2.24, 2.45) is 11.8 Å². The highest BCUT2D eigenvalue weighted by molar-refractivity contribution is 4.72. The van der Waals surface area contributed by atoms with Crippen molar-refractivity contribution in [3.05, 3.63) is 6.92 Å². The molecule has 0 spiro atoms. The zero-order valence-electron chi connectivity index (χ0n) is 8.52. The summed E-state index contributed by atoms with van der Waals surface area (Å²) >= 11 is 0. The quantitative estimate of drug-likeness (QED) is 0.588. The van der Waals surface area contributed by atoms with Crippen LogP contribution in [0.1, 0.15) is 58.3 Å². The second kappa shape index (κ2) is 5.61. The van der Waals surface area contributed by atoms with Crippen molar-refractivity contribution in [2.75, 3.05) is 0 Å². The molecular formula is C12H23. The first kappa shape index (κ1) is 10.1. The standard InChI is InChI=1S/C12H23/c1-3-5-7-12-9-6-8-11(4-2)10-12/h11-12H,1,3-10H2,2H3. The normalized spacial score (nSPS) is 30.5. The van der Waals surface area contributed by atoms with Gasteiger partial charge in [-0.15, -0.1) is 0 Å². The largest absolute Gasteiger partial charge is 0.0651 e. The van der Waals surface area contributed by atoms with Gasteiger partial charge in [-0.05, 0) is 18.3 Å². The second-order valence-electron chi connectivity index (χ2n) is 4.30. The molecule has 1 aliphatic carbocycles. The van der Waals surface area contributed by atoms with E-state index in [0.29, 0.717) is 0 Å². The molecule has 12 heavy (non-hydrogen) atoms. The minimum Gasteiger partial charge on any atom is -0.0651 e. The van der Waals surface area contributed by atoms with E-state index in [9.17, 15) is 0 Å². The van der Waals surface area contributed by atoms with E-state index in [4.69, 9.17) is 0 Å². The third-order valence-electron chi connectivity index (χ3n) is 3.33. The Bertz CT molecular complexity index is 107. The Hall–Kier alpha value is 0. The van der Waals surface area contributed by atoms with Crippen LogP contribution in [0.25, 0.3) is 0 Å². The highest BCUT2D eigenvalue weighted by Gasteiger charge is 2.19. The third-order valence-corrected chi connectivity index (χ3v) is 3.33. The van der Waals surface area contributed by atoms with Crippen molar-refractivity contribution >= 4 is 0 Å². The molecule has 0 amide bonds. The van der Waals surface area contributed by atoms with Crippen molar-refractivity contribution < 1.29 is 0 Å². The van der Waals surface area contributed by atoms with Crippen molar-refractivity contribution in [1.82, 2.24) is 0 Å². The van der Waals surface area contributed by atoms with E-state index in [1.165, 1.54) is 44.9 Å². The molecule has 1 aliphatic rings. The van der Waals surface area contributed by atoms with Crippen LogP contribution in [0.15, 0.2) is 0 Å². The van der Waals surface area contributed by atoms with Crippen LogP contribution in [0.3, 0.4) is 0 Å². The molecule has 0 aliphatic heterocycles. The van der Waals surface area contributed by atoms with E-state index in [0.717, 1.165) is 18.3 Å². The van der Waals surface area contributed by atoms with Gasteiger partial charge in [-0.1, -0.05) is 58.8 Å². The first-order valence-corrected chi connectivity index (χ1v) is 5.66. The lowest BCUT2D eigenvalue weighted by atomic mass is 9.78. The lowest BCUT2D eigenvalue weighted by Crippen LogP contribution is -2.14. The smallest absolute Gasteiger partial charge is 0.0412 e. The minimum absolute atomic E-state index is 1.05. The average molecular weight is 167 g/mol. The summed E-state index contributed by atoms with van der Waals surface area (Å²) in [5.74, 6) is 2.10. The summed E-state index contributed by atoms with van der Waals surface area (Å²) in [5, 5.41) is 0. The van der Waals surface area contributed by atoms with E-state index in [1.54, 1.807) is 0 Å². The maximum atomic E-state index is 3.91. The van der Waals surface area contributed by atoms with Gasteiger partial charge in [-0.25, -0.2) is 0 Å². The molecule has 0 aromatic carbocycles. The summed E-state index contributed by atoms with van der Waals surface area (Å²) in [7, 11) is 0. The fourth-order valence-corrected chi connectivity index (χ4v) is 2.47. The Labute approximate surface area is 77.7 Å². The highest BCUT2D eigenvalue weighted by atomic mass is 14.2. The maximum Gasteiger partial charge on any atom is -0.0412 e. The number of unbranched alkanes of at least 4 members (excludes halogenated alkanes) is 1. The second-order valence-corrected chi connectivity index (χ2v) is 4.30. The van der Waals surface area contributed by atoms with Crippen LogP contribution in [0.5, 0.6) is 0 Å². The van der Waals surface area contributed by atoms with E-state index in [2.05, 4.69) is 13.8 Å². The zero-order chi connectivity index (χ0) is 8.81. The molecule has 71 valence electrons. The lowest BCUT2D eigenvalue weighted by molar-refractivity contribution is 0.246. The van der Waals surface area contributed by atoms with Crippen LogP contribution < -0.4 is 0 Å². The van der Waals surface area contributed by atoms with Crippen LogP contribution in [-0.2, 0) is 0 Å². The van der Waals surface area contributed by atoms with Gasteiger partial charge in [0.1, 0.15) is 0 Å². The molecular weight excluding hydrogens is 144 g/mol. The van der Waals surface area contributed by atoms with Gasteiger partial charge in [-0.3, -0.25) is 0 Å². The lowest BCUT2D eigenvalue weighted by Gasteiger charge is -2.28. The van der Waals surface area contributed by atoms with Crippen molar-refractivity contribution in [3.63, 3.8) is 0 Å². The van der Waals surface area contributed by atoms with E-state index in [1.807, 2.05) is 0 Å². The third kappa shape index (κ3) is 3.16. The summed E-state index contributed by atoms with van der Waals surface area (Å²) in [6.07, 6.45) is 11.3. The molecule has 2 unspecified atom stereocenters. The number of hydrogen-bond donors (Lipinski definition) is 0. The van der Waals surface area contributed by atoms with Crippen LogP contribution in [0, 0.1) is 18.8 Å². The van der Waals surface area contributed by atoms with Gasteiger partial charge in [0, 0.05) is 0 Å². The molecule has 0 nitrogen and oxygen atoms in total. The molecule has 0 aromatic heterocycles. The Morgan fingerprint density at radius 3 is 2.67 bits per heavy atom. The van der Waals surface area contributed by atoms with Crippen LogP contribution in [0.2, 0.25) is 0 Å². The molecule has 1 saturated carbocycles. The predicted molar refractivity (Wildman–Crippen MR) is 54.9 cm³/mol. The molecule has 0 heterocycles. The highest BCUT2D eigenvalue weighted by Crippen LogP contribution is 2.33. The Balaban J connectivity index is 2.16. The van der Waals surface area contributed by atoms with Crippen molar-refractivity contribution in [2.45, 2.75) is 58.3 Å². The number of rotatable bonds is 4. The van der Waals surface area contributed by atoms with E-state index >= 15 is 0 Å². The molecule has 0 aromatic rings. The van der Waals surface area contributed by atoms with Crippen LogP contribution >= 0.6 is 0 Å². The van der Waals surface area contributed by atoms with Gasteiger partial charge in [0.05, 0.1) is 0 Å². The van der Waals surface area contributed by atoms with Gasteiger partial charge in [0.15, 0.2) is 0 Å². The molecule has 1 rings (SSSR count). The molecule has 1 fully saturated rings. The summed E-state index contributed by atoms with van der Waals surface area (Å²) in [6, 6.07) is 0. The fourth-order valence-electron chi connectivity index (χ4n) is 2.47.